The fraction of sp³-hybridized carbons (Fsp3) is 0.400. The molecule has 0 amide bonds. The highest BCUT2D eigenvalue weighted by Crippen LogP contribution is 2.08. The molecule has 72 valence electrons. The molecule has 0 fully saturated rings. The van der Waals surface area contributed by atoms with Gasteiger partial charge in [0.2, 0.25) is 0 Å². The predicted octanol–water partition coefficient (Wildman–Crippen LogP) is 1.69. The van der Waals surface area contributed by atoms with Crippen molar-refractivity contribution in [3.63, 3.8) is 0 Å². The van der Waals surface area contributed by atoms with Gasteiger partial charge in [0.05, 0.1) is 6.61 Å². The molecule has 0 heterocycles. The van der Waals surface area contributed by atoms with Crippen LogP contribution in [0.3, 0.4) is 0 Å². The zero-order chi connectivity index (χ0) is 9.52. The summed E-state index contributed by atoms with van der Waals surface area (Å²) in [5.74, 6) is 4.90. The first kappa shape index (κ1) is 10.0. The van der Waals surface area contributed by atoms with Crippen molar-refractivity contribution in [2.75, 3.05) is 18.5 Å². The Labute approximate surface area is 78.8 Å². The van der Waals surface area contributed by atoms with E-state index in [1.54, 1.807) is 0 Å². The maximum atomic E-state index is 4.90. The molecule has 0 spiro atoms. The third-order valence-electron chi connectivity index (χ3n) is 1.79. The Morgan fingerprint density at radius 3 is 3.00 bits per heavy atom. The summed E-state index contributed by atoms with van der Waals surface area (Å²) in [5, 5.41) is 3.28. The lowest BCUT2D eigenvalue weighted by atomic mass is 10.2. The van der Waals surface area contributed by atoms with E-state index in [9.17, 15) is 0 Å². The molecule has 13 heavy (non-hydrogen) atoms. The molecular weight excluding hydrogens is 164 g/mol. The van der Waals surface area contributed by atoms with Gasteiger partial charge >= 0.3 is 0 Å². The SMILES string of the molecule is Cc1cccc(NCCCON)c1. The summed E-state index contributed by atoms with van der Waals surface area (Å²) in [7, 11) is 0. The largest absolute Gasteiger partial charge is 0.385 e. The van der Waals surface area contributed by atoms with E-state index in [1.165, 1.54) is 5.56 Å². The summed E-state index contributed by atoms with van der Waals surface area (Å²) in [6.07, 6.45) is 0.921. The lowest BCUT2D eigenvalue weighted by Crippen LogP contribution is -2.08. The summed E-state index contributed by atoms with van der Waals surface area (Å²) in [6, 6.07) is 8.28. The third-order valence-corrected chi connectivity index (χ3v) is 1.79. The van der Waals surface area contributed by atoms with Gasteiger partial charge in [-0.2, -0.15) is 0 Å². The number of benzene rings is 1. The molecule has 0 saturated heterocycles. The topological polar surface area (TPSA) is 47.3 Å². The summed E-state index contributed by atoms with van der Waals surface area (Å²) in [6.45, 7) is 3.56. The first-order valence-corrected chi connectivity index (χ1v) is 4.45. The molecule has 0 aliphatic rings. The Bertz CT molecular complexity index is 250. The number of aryl methyl sites for hydroxylation is 1. The van der Waals surface area contributed by atoms with Crippen molar-refractivity contribution >= 4 is 5.69 Å². The van der Waals surface area contributed by atoms with Gasteiger partial charge in [0.25, 0.3) is 0 Å². The molecule has 1 rings (SSSR count). The summed E-state index contributed by atoms with van der Waals surface area (Å²) in [4.78, 5) is 4.46. The van der Waals surface area contributed by atoms with Crippen LogP contribution >= 0.6 is 0 Å². The molecule has 3 nitrogen and oxygen atoms in total. The fourth-order valence-corrected chi connectivity index (χ4v) is 1.14. The van der Waals surface area contributed by atoms with Crippen LogP contribution in [0.1, 0.15) is 12.0 Å². The van der Waals surface area contributed by atoms with Crippen molar-refractivity contribution in [1.82, 2.24) is 0 Å². The minimum Gasteiger partial charge on any atom is -0.385 e. The Morgan fingerprint density at radius 1 is 1.46 bits per heavy atom. The number of hydrogen-bond acceptors (Lipinski definition) is 3. The van der Waals surface area contributed by atoms with Crippen LogP contribution in [0, 0.1) is 6.92 Å². The van der Waals surface area contributed by atoms with Crippen LogP contribution in [-0.2, 0) is 4.84 Å². The molecule has 0 aliphatic carbocycles. The van der Waals surface area contributed by atoms with Gasteiger partial charge in [-0.1, -0.05) is 12.1 Å². The number of anilines is 1. The van der Waals surface area contributed by atoms with E-state index in [1.807, 2.05) is 6.07 Å². The third kappa shape index (κ3) is 3.92. The van der Waals surface area contributed by atoms with E-state index in [2.05, 4.69) is 35.3 Å². The van der Waals surface area contributed by atoms with Gasteiger partial charge in [-0.25, -0.2) is 5.90 Å². The number of nitrogens with one attached hydrogen (secondary N) is 1. The number of rotatable bonds is 5. The minimum atomic E-state index is 0.596. The smallest absolute Gasteiger partial charge is 0.0696 e. The van der Waals surface area contributed by atoms with Crippen molar-refractivity contribution in [3.05, 3.63) is 29.8 Å². The van der Waals surface area contributed by atoms with E-state index in [-0.39, 0.29) is 0 Å². The van der Waals surface area contributed by atoms with Gasteiger partial charge in [-0.3, -0.25) is 0 Å². The molecule has 1 aromatic carbocycles. The van der Waals surface area contributed by atoms with Crippen LogP contribution in [0.2, 0.25) is 0 Å². The first-order valence-electron chi connectivity index (χ1n) is 4.45. The first-order chi connectivity index (χ1) is 6.33. The second kappa shape index (κ2) is 5.56. The molecule has 0 aromatic heterocycles. The van der Waals surface area contributed by atoms with Crippen molar-refractivity contribution in [3.8, 4) is 0 Å². The molecule has 0 saturated carbocycles. The van der Waals surface area contributed by atoms with Crippen molar-refractivity contribution in [2.24, 2.45) is 5.90 Å². The van der Waals surface area contributed by atoms with Gasteiger partial charge in [-0.05, 0) is 31.0 Å². The molecule has 3 N–H and O–H groups in total. The summed E-state index contributed by atoms with van der Waals surface area (Å²) in [5.41, 5.74) is 2.41. The van der Waals surface area contributed by atoms with Gasteiger partial charge in [0.15, 0.2) is 0 Å². The average Bonchev–Trinajstić information content (AvgIpc) is 2.13. The normalized spacial score (nSPS) is 10.0. The van der Waals surface area contributed by atoms with Crippen molar-refractivity contribution < 1.29 is 4.84 Å². The highest BCUT2D eigenvalue weighted by Gasteiger charge is 1.91. The highest BCUT2D eigenvalue weighted by atomic mass is 16.6. The average molecular weight is 180 g/mol. The summed E-state index contributed by atoms with van der Waals surface area (Å²) < 4.78 is 0. The van der Waals surface area contributed by atoms with Crippen molar-refractivity contribution in [2.45, 2.75) is 13.3 Å². The van der Waals surface area contributed by atoms with E-state index in [0.29, 0.717) is 6.61 Å². The van der Waals surface area contributed by atoms with E-state index < -0.39 is 0 Å². The van der Waals surface area contributed by atoms with E-state index >= 15 is 0 Å². The number of nitrogens with two attached hydrogens (primary N) is 1. The molecule has 1 aromatic rings. The minimum absolute atomic E-state index is 0.596. The zero-order valence-electron chi connectivity index (χ0n) is 7.92. The van der Waals surface area contributed by atoms with Crippen molar-refractivity contribution in [1.29, 1.82) is 0 Å². The number of hydrogen-bond donors (Lipinski definition) is 2. The second-order valence-corrected chi connectivity index (χ2v) is 3.02. The van der Waals surface area contributed by atoms with Gasteiger partial charge in [0.1, 0.15) is 0 Å². The Morgan fingerprint density at radius 2 is 2.31 bits per heavy atom. The molecule has 0 bridgehead atoms. The van der Waals surface area contributed by atoms with Crippen LogP contribution in [0.4, 0.5) is 5.69 Å². The molecule has 3 heteroatoms. The predicted molar refractivity (Wildman–Crippen MR) is 54.4 cm³/mol. The quantitative estimate of drug-likeness (QED) is 0.535. The maximum absolute atomic E-state index is 4.90. The molecule has 0 radical (unpaired) electrons. The maximum Gasteiger partial charge on any atom is 0.0696 e. The van der Waals surface area contributed by atoms with Crippen LogP contribution in [0.15, 0.2) is 24.3 Å². The summed E-state index contributed by atoms with van der Waals surface area (Å²) >= 11 is 0. The van der Waals surface area contributed by atoms with Crippen LogP contribution in [0.5, 0.6) is 0 Å². The van der Waals surface area contributed by atoms with Gasteiger partial charge in [0, 0.05) is 12.2 Å². The van der Waals surface area contributed by atoms with E-state index in [0.717, 1.165) is 18.7 Å². The fourth-order valence-electron chi connectivity index (χ4n) is 1.14. The van der Waals surface area contributed by atoms with Gasteiger partial charge in [-0.15, -0.1) is 0 Å². The standard InChI is InChI=1S/C10H16N2O/c1-9-4-2-5-10(8-9)12-6-3-7-13-11/h2,4-5,8,12H,3,6-7,11H2,1H3. The molecule has 0 aliphatic heterocycles. The molecular formula is C10H16N2O. The van der Waals surface area contributed by atoms with Crippen LogP contribution in [0.25, 0.3) is 0 Å². The molecule has 0 atom stereocenters. The lowest BCUT2D eigenvalue weighted by molar-refractivity contribution is 0.137. The Hall–Kier alpha value is -1.06. The Balaban J connectivity index is 2.28. The van der Waals surface area contributed by atoms with Crippen LogP contribution < -0.4 is 11.2 Å². The van der Waals surface area contributed by atoms with Crippen LogP contribution in [-0.4, -0.2) is 13.2 Å². The molecule has 0 unspecified atom stereocenters. The lowest BCUT2D eigenvalue weighted by Gasteiger charge is -2.05. The van der Waals surface area contributed by atoms with Gasteiger partial charge < -0.3 is 10.2 Å². The zero-order valence-corrected chi connectivity index (χ0v) is 7.92. The Kier molecular flexibility index (Phi) is 4.29. The monoisotopic (exact) mass is 180 g/mol. The second-order valence-electron chi connectivity index (χ2n) is 3.02. The highest BCUT2D eigenvalue weighted by molar-refractivity contribution is 5.45. The van der Waals surface area contributed by atoms with E-state index in [4.69, 9.17) is 5.90 Å².